The quantitative estimate of drug-likeness (QED) is 0.835. The lowest BCUT2D eigenvalue weighted by molar-refractivity contribution is -0.130. The van der Waals surface area contributed by atoms with Crippen LogP contribution in [-0.4, -0.2) is 34.1 Å². The Labute approximate surface area is 113 Å². The fraction of sp³-hybridized carbons (Fsp3) is 0.786. The van der Waals surface area contributed by atoms with Gasteiger partial charge in [0.25, 0.3) is 0 Å². The molecule has 1 aliphatic carbocycles. The Balaban J connectivity index is 1.49. The summed E-state index contributed by atoms with van der Waals surface area (Å²) in [5.74, 6) is 2.05. The molecule has 1 saturated heterocycles. The van der Waals surface area contributed by atoms with E-state index in [1.54, 1.807) is 0 Å². The van der Waals surface area contributed by atoms with Gasteiger partial charge in [0.15, 0.2) is 0 Å². The van der Waals surface area contributed by atoms with Gasteiger partial charge in [-0.25, -0.2) is 0 Å². The minimum absolute atomic E-state index is 0.205. The number of likely N-dealkylation sites (tertiary alicyclic amines) is 1. The number of rotatable bonds is 4. The SMILES string of the molecule is CC1(C)CCN(C(=O)CCc2nnc(C3CC3)o2)C1. The van der Waals surface area contributed by atoms with Crippen LogP contribution in [-0.2, 0) is 11.2 Å². The van der Waals surface area contributed by atoms with Crippen molar-refractivity contribution in [3.05, 3.63) is 11.8 Å². The molecule has 5 nitrogen and oxygen atoms in total. The van der Waals surface area contributed by atoms with E-state index < -0.39 is 0 Å². The molecule has 2 aliphatic rings. The molecular formula is C14H21N3O2. The Morgan fingerprint density at radius 1 is 1.42 bits per heavy atom. The average Bonchev–Trinajstić information content (AvgIpc) is 2.99. The van der Waals surface area contributed by atoms with E-state index in [-0.39, 0.29) is 11.3 Å². The van der Waals surface area contributed by atoms with E-state index in [2.05, 4.69) is 24.0 Å². The van der Waals surface area contributed by atoms with Gasteiger partial charge in [0.05, 0.1) is 0 Å². The molecule has 1 aliphatic heterocycles. The summed E-state index contributed by atoms with van der Waals surface area (Å²) >= 11 is 0. The second-order valence-electron chi connectivity index (χ2n) is 6.54. The van der Waals surface area contributed by atoms with Crippen molar-refractivity contribution in [2.75, 3.05) is 13.1 Å². The van der Waals surface area contributed by atoms with Gasteiger partial charge >= 0.3 is 0 Å². The number of hydrogen-bond acceptors (Lipinski definition) is 4. The molecule has 0 radical (unpaired) electrons. The lowest BCUT2D eigenvalue weighted by Gasteiger charge is -2.19. The lowest BCUT2D eigenvalue weighted by Crippen LogP contribution is -2.30. The Kier molecular flexibility index (Phi) is 3.07. The van der Waals surface area contributed by atoms with Crippen molar-refractivity contribution in [3.63, 3.8) is 0 Å². The zero-order chi connectivity index (χ0) is 13.5. The van der Waals surface area contributed by atoms with E-state index in [0.717, 1.165) is 38.2 Å². The summed E-state index contributed by atoms with van der Waals surface area (Å²) in [7, 11) is 0. The highest BCUT2D eigenvalue weighted by Crippen LogP contribution is 2.39. The zero-order valence-corrected chi connectivity index (χ0v) is 11.7. The molecule has 0 atom stereocenters. The van der Waals surface area contributed by atoms with Crippen LogP contribution in [0, 0.1) is 5.41 Å². The second kappa shape index (κ2) is 4.62. The Hall–Kier alpha value is -1.39. The standard InChI is InChI=1S/C14H21N3O2/c1-14(2)7-8-17(9-14)12(18)6-5-11-15-16-13(19-11)10-3-4-10/h10H,3-9H2,1-2H3. The highest BCUT2D eigenvalue weighted by Gasteiger charge is 2.32. The van der Waals surface area contributed by atoms with E-state index in [1.165, 1.54) is 0 Å². The largest absolute Gasteiger partial charge is 0.425 e. The Bertz CT molecular complexity index is 477. The molecule has 2 heterocycles. The number of carbonyl (C=O) groups is 1. The summed E-state index contributed by atoms with van der Waals surface area (Å²) in [6, 6.07) is 0. The molecule has 3 rings (SSSR count). The van der Waals surface area contributed by atoms with E-state index in [4.69, 9.17) is 4.42 Å². The third-order valence-corrected chi connectivity index (χ3v) is 3.99. The van der Waals surface area contributed by atoms with Crippen LogP contribution in [0.4, 0.5) is 0 Å². The molecule has 5 heteroatoms. The lowest BCUT2D eigenvalue weighted by atomic mass is 9.93. The molecule has 1 saturated carbocycles. The first-order valence-electron chi connectivity index (χ1n) is 7.14. The molecule has 1 amide bonds. The van der Waals surface area contributed by atoms with Crippen LogP contribution < -0.4 is 0 Å². The van der Waals surface area contributed by atoms with Crippen molar-refractivity contribution in [1.29, 1.82) is 0 Å². The van der Waals surface area contributed by atoms with Gasteiger partial charge in [-0.15, -0.1) is 10.2 Å². The zero-order valence-electron chi connectivity index (χ0n) is 11.7. The first-order valence-corrected chi connectivity index (χ1v) is 7.14. The summed E-state index contributed by atoms with van der Waals surface area (Å²) in [6.45, 7) is 6.16. The molecule has 0 N–H and O–H groups in total. The molecule has 104 valence electrons. The topological polar surface area (TPSA) is 59.2 Å². The molecular weight excluding hydrogens is 242 g/mol. The maximum absolute atomic E-state index is 12.1. The van der Waals surface area contributed by atoms with E-state index in [9.17, 15) is 4.79 Å². The minimum Gasteiger partial charge on any atom is -0.425 e. The molecule has 0 bridgehead atoms. The molecule has 0 unspecified atom stereocenters. The van der Waals surface area contributed by atoms with E-state index in [0.29, 0.717) is 24.7 Å². The number of aromatic nitrogens is 2. The van der Waals surface area contributed by atoms with Crippen LogP contribution in [0.3, 0.4) is 0 Å². The fourth-order valence-corrected chi connectivity index (χ4v) is 2.56. The monoisotopic (exact) mass is 263 g/mol. The highest BCUT2D eigenvalue weighted by atomic mass is 16.4. The summed E-state index contributed by atoms with van der Waals surface area (Å²) in [4.78, 5) is 14.1. The molecule has 0 spiro atoms. The number of amides is 1. The Morgan fingerprint density at radius 3 is 2.84 bits per heavy atom. The molecule has 1 aromatic heterocycles. The smallest absolute Gasteiger partial charge is 0.223 e. The molecule has 19 heavy (non-hydrogen) atoms. The summed E-state index contributed by atoms with van der Waals surface area (Å²) in [5.41, 5.74) is 0.263. The highest BCUT2D eigenvalue weighted by molar-refractivity contribution is 5.76. The maximum Gasteiger partial charge on any atom is 0.223 e. The predicted molar refractivity (Wildman–Crippen MR) is 69.6 cm³/mol. The van der Waals surface area contributed by atoms with Crippen molar-refractivity contribution in [1.82, 2.24) is 15.1 Å². The first-order chi connectivity index (χ1) is 9.03. The number of hydrogen-bond donors (Lipinski definition) is 0. The van der Waals surface area contributed by atoms with Gasteiger partial charge in [-0.05, 0) is 24.7 Å². The van der Waals surface area contributed by atoms with E-state index in [1.807, 2.05) is 4.90 Å². The molecule has 2 fully saturated rings. The van der Waals surface area contributed by atoms with Gasteiger partial charge in [0.1, 0.15) is 0 Å². The van der Waals surface area contributed by atoms with Gasteiger partial charge in [-0.2, -0.15) is 0 Å². The van der Waals surface area contributed by atoms with Gasteiger partial charge in [-0.3, -0.25) is 4.79 Å². The predicted octanol–water partition coefficient (Wildman–Crippen LogP) is 2.14. The van der Waals surface area contributed by atoms with Gasteiger partial charge < -0.3 is 9.32 Å². The Morgan fingerprint density at radius 2 is 2.21 bits per heavy atom. The number of aryl methyl sites for hydroxylation is 1. The van der Waals surface area contributed by atoms with Crippen LogP contribution >= 0.6 is 0 Å². The minimum atomic E-state index is 0.205. The maximum atomic E-state index is 12.1. The number of carbonyl (C=O) groups excluding carboxylic acids is 1. The molecule has 1 aromatic rings. The van der Waals surface area contributed by atoms with Gasteiger partial charge in [0, 0.05) is 31.8 Å². The van der Waals surface area contributed by atoms with Gasteiger partial charge in [-0.1, -0.05) is 13.8 Å². The summed E-state index contributed by atoms with van der Waals surface area (Å²) in [6.07, 6.45) is 4.44. The molecule has 0 aromatic carbocycles. The van der Waals surface area contributed by atoms with Crippen molar-refractivity contribution < 1.29 is 9.21 Å². The normalized spacial score (nSPS) is 21.9. The third kappa shape index (κ3) is 2.96. The van der Waals surface area contributed by atoms with Crippen LogP contribution in [0.15, 0.2) is 4.42 Å². The van der Waals surface area contributed by atoms with Crippen molar-refractivity contribution in [2.24, 2.45) is 5.41 Å². The average molecular weight is 263 g/mol. The second-order valence-corrected chi connectivity index (χ2v) is 6.54. The van der Waals surface area contributed by atoms with Crippen LogP contribution in [0.1, 0.15) is 57.2 Å². The van der Waals surface area contributed by atoms with Crippen molar-refractivity contribution in [3.8, 4) is 0 Å². The van der Waals surface area contributed by atoms with Crippen LogP contribution in [0.2, 0.25) is 0 Å². The first kappa shape index (κ1) is 12.6. The van der Waals surface area contributed by atoms with Gasteiger partial charge in [0.2, 0.25) is 17.7 Å². The third-order valence-electron chi connectivity index (χ3n) is 3.99. The van der Waals surface area contributed by atoms with Crippen molar-refractivity contribution >= 4 is 5.91 Å². The van der Waals surface area contributed by atoms with Crippen LogP contribution in [0.5, 0.6) is 0 Å². The number of nitrogens with zero attached hydrogens (tertiary/aromatic N) is 3. The summed E-state index contributed by atoms with van der Waals surface area (Å²) < 4.78 is 5.57. The van der Waals surface area contributed by atoms with E-state index >= 15 is 0 Å². The van der Waals surface area contributed by atoms with Crippen LogP contribution in [0.25, 0.3) is 0 Å². The van der Waals surface area contributed by atoms with Crippen molar-refractivity contribution in [2.45, 2.75) is 51.9 Å². The fourth-order valence-electron chi connectivity index (χ4n) is 2.56. The summed E-state index contributed by atoms with van der Waals surface area (Å²) in [5, 5.41) is 8.05.